The van der Waals surface area contributed by atoms with Gasteiger partial charge in [0.2, 0.25) is 0 Å². The minimum absolute atomic E-state index is 0.761. The maximum absolute atomic E-state index is 5.28. The minimum atomic E-state index is 0.761. The first-order valence-electron chi connectivity index (χ1n) is 5.95. The summed E-state index contributed by atoms with van der Waals surface area (Å²) in [5, 5.41) is 3.40. The van der Waals surface area contributed by atoms with Crippen molar-refractivity contribution < 1.29 is 9.47 Å². The van der Waals surface area contributed by atoms with E-state index in [-0.39, 0.29) is 0 Å². The molecule has 1 saturated carbocycles. The Morgan fingerprint density at radius 3 is 2.33 bits per heavy atom. The Morgan fingerprint density at radius 2 is 1.67 bits per heavy atom. The fraction of sp³-hybridized carbons (Fsp3) is 0.267. The first-order chi connectivity index (χ1) is 8.83. The summed E-state index contributed by atoms with van der Waals surface area (Å²) in [5.41, 5.74) is 1.18. The van der Waals surface area contributed by atoms with Crippen LogP contribution in [0.1, 0.15) is 5.56 Å². The standard InChI is InChI=1S/C15H18NO2/c1-17-14-8-7-13(9-15(14)18-2)11-16-10-12-5-3-4-6-12/h3-9,16H,10-11H2,1-2H3. The van der Waals surface area contributed by atoms with Crippen molar-refractivity contribution in [2.75, 3.05) is 20.8 Å². The van der Waals surface area contributed by atoms with E-state index in [4.69, 9.17) is 9.47 Å². The van der Waals surface area contributed by atoms with Crippen LogP contribution in [0.2, 0.25) is 0 Å². The SMILES string of the molecule is COc1ccc(CNC[C]2[CH][CH][CH][CH]2)cc1OC. The summed E-state index contributed by atoms with van der Waals surface area (Å²) < 4.78 is 10.5. The summed E-state index contributed by atoms with van der Waals surface area (Å²) in [5.74, 6) is 2.83. The van der Waals surface area contributed by atoms with Crippen LogP contribution in [0.25, 0.3) is 0 Å². The van der Waals surface area contributed by atoms with Crippen LogP contribution in [0.3, 0.4) is 0 Å². The minimum Gasteiger partial charge on any atom is -0.493 e. The van der Waals surface area contributed by atoms with Crippen molar-refractivity contribution in [2.45, 2.75) is 6.54 Å². The fourth-order valence-electron chi connectivity index (χ4n) is 1.87. The Balaban J connectivity index is 1.84. The van der Waals surface area contributed by atoms with Crippen molar-refractivity contribution in [3.63, 3.8) is 0 Å². The second-order valence-corrected chi connectivity index (χ2v) is 4.09. The predicted octanol–water partition coefficient (Wildman–Crippen LogP) is 2.20. The zero-order valence-corrected chi connectivity index (χ0v) is 10.8. The highest BCUT2D eigenvalue weighted by atomic mass is 16.5. The molecule has 1 aromatic carbocycles. The fourth-order valence-corrected chi connectivity index (χ4v) is 1.87. The molecule has 2 rings (SSSR count). The summed E-state index contributed by atoms with van der Waals surface area (Å²) in [7, 11) is 3.30. The molecule has 3 heteroatoms. The molecule has 0 aromatic heterocycles. The van der Waals surface area contributed by atoms with Gasteiger partial charge in [0, 0.05) is 13.1 Å². The van der Waals surface area contributed by atoms with E-state index in [9.17, 15) is 0 Å². The van der Waals surface area contributed by atoms with Crippen LogP contribution in [-0.4, -0.2) is 20.8 Å². The third-order valence-electron chi connectivity index (χ3n) is 2.84. The first kappa shape index (κ1) is 13.2. The van der Waals surface area contributed by atoms with E-state index in [1.165, 1.54) is 11.5 Å². The highest BCUT2D eigenvalue weighted by Crippen LogP contribution is 2.27. The summed E-state index contributed by atoms with van der Waals surface area (Å²) in [6.07, 6.45) is 8.32. The summed E-state index contributed by atoms with van der Waals surface area (Å²) >= 11 is 0. The average Bonchev–Trinajstić information content (AvgIpc) is 2.91. The molecule has 0 unspecified atom stereocenters. The smallest absolute Gasteiger partial charge is 0.161 e. The van der Waals surface area contributed by atoms with E-state index in [2.05, 4.69) is 18.2 Å². The molecule has 0 amide bonds. The molecule has 1 N–H and O–H groups in total. The lowest BCUT2D eigenvalue weighted by Crippen LogP contribution is -2.19. The van der Waals surface area contributed by atoms with E-state index < -0.39 is 0 Å². The van der Waals surface area contributed by atoms with Crippen LogP contribution in [0.5, 0.6) is 11.5 Å². The van der Waals surface area contributed by atoms with Gasteiger partial charge in [-0.1, -0.05) is 6.07 Å². The van der Waals surface area contributed by atoms with Crippen molar-refractivity contribution in [1.29, 1.82) is 0 Å². The van der Waals surface area contributed by atoms with Crippen molar-refractivity contribution >= 4 is 0 Å². The molecule has 1 aliphatic carbocycles. The van der Waals surface area contributed by atoms with Crippen LogP contribution in [0.15, 0.2) is 18.2 Å². The lowest BCUT2D eigenvalue weighted by atomic mass is 10.1. The van der Waals surface area contributed by atoms with E-state index in [0.29, 0.717) is 0 Å². The van der Waals surface area contributed by atoms with E-state index in [0.717, 1.165) is 24.6 Å². The van der Waals surface area contributed by atoms with Crippen molar-refractivity contribution in [3.05, 3.63) is 55.4 Å². The van der Waals surface area contributed by atoms with Gasteiger partial charge in [-0.25, -0.2) is 0 Å². The van der Waals surface area contributed by atoms with Gasteiger partial charge in [-0.05, 0) is 49.3 Å². The predicted molar refractivity (Wildman–Crippen MR) is 71.7 cm³/mol. The van der Waals surface area contributed by atoms with Gasteiger partial charge in [0.25, 0.3) is 0 Å². The van der Waals surface area contributed by atoms with E-state index >= 15 is 0 Å². The van der Waals surface area contributed by atoms with Gasteiger partial charge in [-0.2, -0.15) is 0 Å². The Kier molecular flexibility index (Phi) is 4.88. The lowest BCUT2D eigenvalue weighted by molar-refractivity contribution is 0.354. The molecule has 18 heavy (non-hydrogen) atoms. The number of rotatable bonds is 6. The monoisotopic (exact) mass is 244 g/mol. The molecule has 0 heterocycles. The van der Waals surface area contributed by atoms with Crippen molar-refractivity contribution in [2.24, 2.45) is 0 Å². The largest absolute Gasteiger partial charge is 0.493 e. The van der Waals surface area contributed by atoms with Gasteiger partial charge >= 0.3 is 0 Å². The van der Waals surface area contributed by atoms with Crippen LogP contribution < -0.4 is 14.8 Å². The highest BCUT2D eigenvalue weighted by molar-refractivity contribution is 5.43. The number of nitrogens with one attached hydrogen (secondary N) is 1. The molecule has 1 fully saturated rings. The molecule has 1 aliphatic rings. The highest BCUT2D eigenvalue weighted by Gasteiger charge is 2.15. The maximum Gasteiger partial charge on any atom is 0.161 e. The Labute approximate surface area is 109 Å². The van der Waals surface area contributed by atoms with Crippen LogP contribution >= 0.6 is 0 Å². The van der Waals surface area contributed by atoms with E-state index in [1.54, 1.807) is 14.2 Å². The number of benzene rings is 1. The lowest BCUT2D eigenvalue weighted by Gasteiger charge is -2.12. The third kappa shape index (κ3) is 3.39. The Morgan fingerprint density at radius 1 is 0.944 bits per heavy atom. The number of hydrogen-bond acceptors (Lipinski definition) is 3. The molecule has 0 bridgehead atoms. The van der Waals surface area contributed by atoms with Crippen molar-refractivity contribution in [3.8, 4) is 11.5 Å². The maximum atomic E-state index is 5.28. The Bertz CT molecular complexity index is 373. The van der Waals surface area contributed by atoms with E-state index in [1.807, 2.05) is 31.0 Å². The second-order valence-electron chi connectivity index (χ2n) is 4.09. The molecule has 0 atom stereocenters. The number of hydrogen-bond donors (Lipinski definition) is 1. The number of methoxy groups -OCH3 is 2. The van der Waals surface area contributed by atoms with Gasteiger partial charge in [0.1, 0.15) is 0 Å². The molecule has 0 spiro atoms. The molecule has 3 nitrogen and oxygen atoms in total. The summed E-state index contributed by atoms with van der Waals surface area (Å²) in [4.78, 5) is 0. The topological polar surface area (TPSA) is 30.5 Å². The summed E-state index contributed by atoms with van der Waals surface area (Å²) in [6.45, 7) is 1.69. The summed E-state index contributed by atoms with van der Waals surface area (Å²) in [6, 6.07) is 5.97. The van der Waals surface area contributed by atoms with Gasteiger partial charge in [0.15, 0.2) is 11.5 Å². The zero-order chi connectivity index (χ0) is 12.8. The first-order valence-corrected chi connectivity index (χ1v) is 5.95. The normalized spacial score (nSPS) is 15.9. The van der Waals surface area contributed by atoms with Gasteiger partial charge in [-0.15, -0.1) is 0 Å². The van der Waals surface area contributed by atoms with Gasteiger partial charge < -0.3 is 14.8 Å². The molecule has 95 valence electrons. The van der Waals surface area contributed by atoms with Crippen LogP contribution in [0, 0.1) is 31.6 Å². The Hall–Kier alpha value is -1.22. The molecule has 1 aromatic rings. The second kappa shape index (κ2) is 6.64. The van der Waals surface area contributed by atoms with Crippen molar-refractivity contribution in [1.82, 2.24) is 5.32 Å². The molecular formula is C15H18NO2. The molecule has 0 saturated heterocycles. The number of ether oxygens (including phenoxy) is 2. The molecule has 5 radical (unpaired) electrons. The third-order valence-corrected chi connectivity index (χ3v) is 2.84. The molecular weight excluding hydrogens is 226 g/mol. The van der Waals surface area contributed by atoms with Crippen LogP contribution in [0.4, 0.5) is 0 Å². The van der Waals surface area contributed by atoms with Gasteiger partial charge in [0.05, 0.1) is 14.2 Å². The average molecular weight is 244 g/mol. The van der Waals surface area contributed by atoms with Gasteiger partial charge in [-0.3, -0.25) is 0 Å². The zero-order valence-electron chi connectivity index (χ0n) is 10.8. The van der Waals surface area contributed by atoms with Crippen LogP contribution in [-0.2, 0) is 6.54 Å². The molecule has 0 aliphatic heterocycles. The quantitative estimate of drug-likeness (QED) is 0.832.